The number of carbonyl (C=O) groups excluding carboxylic acids is 1. The Kier molecular flexibility index (Phi) is 5.73. The first-order valence-electron chi connectivity index (χ1n) is 11.7. The van der Waals surface area contributed by atoms with Gasteiger partial charge in [0.2, 0.25) is 0 Å². The summed E-state index contributed by atoms with van der Waals surface area (Å²) in [6.45, 7) is 9.87. The molecule has 8 heteroatoms. The number of hydrogen-bond acceptors (Lipinski definition) is 5. The third-order valence-corrected chi connectivity index (χ3v) is 6.88. The van der Waals surface area contributed by atoms with Crippen LogP contribution in [-0.2, 0) is 4.74 Å². The van der Waals surface area contributed by atoms with Crippen LogP contribution in [-0.4, -0.2) is 76.4 Å². The van der Waals surface area contributed by atoms with Gasteiger partial charge in [-0.15, -0.1) is 0 Å². The molecule has 8 nitrogen and oxygen atoms in total. The van der Waals surface area contributed by atoms with Gasteiger partial charge in [0.05, 0.1) is 35.3 Å². The lowest BCUT2D eigenvalue weighted by atomic mass is 10.0. The van der Waals surface area contributed by atoms with Gasteiger partial charge in [0.1, 0.15) is 0 Å². The molecule has 2 aliphatic heterocycles. The van der Waals surface area contributed by atoms with Crippen molar-refractivity contribution < 1.29 is 9.53 Å². The first-order chi connectivity index (χ1) is 15.6. The number of benzene rings is 1. The maximum absolute atomic E-state index is 13.5. The molecule has 0 unspecified atom stereocenters. The molecule has 4 heterocycles. The van der Waals surface area contributed by atoms with Crippen LogP contribution < -0.4 is 5.56 Å². The van der Waals surface area contributed by atoms with Gasteiger partial charge in [0.15, 0.2) is 0 Å². The molecule has 2 saturated heterocycles. The highest BCUT2D eigenvalue weighted by atomic mass is 16.5. The average Bonchev–Trinajstić information content (AvgIpc) is 3.47. The van der Waals surface area contributed by atoms with E-state index in [0.717, 1.165) is 61.1 Å². The van der Waals surface area contributed by atoms with Gasteiger partial charge in [-0.3, -0.25) is 19.2 Å². The van der Waals surface area contributed by atoms with Crippen LogP contribution in [0.4, 0.5) is 0 Å². The Morgan fingerprint density at radius 3 is 2.75 bits per heavy atom. The minimum Gasteiger partial charge on any atom is -0.379 e. The lowest BCUT2D eigenvalue weighted by Crippen LogP contribution is -2.48. The number of piperazine rings is 1. The predicted octanol–water partition coefficient (Wildman–Crippen LogP) is 2.71. The number of aromatic nitrogens is 3. The summed E-state index contributed by atoms with van der Waals surface area (Å²) in [4.78, 5) is 33.5. The smallest absolute Gasteiger partial charge is 0.259 e. The molecule has 0 radical (unpaired) electrons. The van der Waals surface area contributed by atoms with Crippen molar-refractivity contribution in [3.8, 4) is 0 Å². The van der Waals surface area contributed by atoms with E-state index in [1.54, 1.807) is 6.20 Å². The third kappa shape index (κ3) is 3.71. The molecule has 1 N–H and O–H groups in total. The SMILES string of the molecule is CCCCN1CCN(C(=O)c2cc3c(cc2C)[nH]c(=O)c2cnn([C@H]4CCOC4)c23)CC1. The number of fused-ring (bicyclic) bond motifs is 3. The van der Waals surface area contributed by atoms with E-state index in [1.165, 1.54) is 12.8 Å². The third-order valence-electron chi connectivity index (χ3n) is 6.88. The highest BCUT2D eigenvalue weighted by molar-refractivity contribution is 6.07. The Morgan fingerprint density at radius 2 is 2.03 bits per heavy atom. The number of ether oxygens (including phenoxy) is 1. The first-order valence-corrected chi connectivity index (χ1v) is 11.7. The summed E-state index contributed by atoms with van der Waals surface area (Å²) in [5, 5.41) is 5.94. The van der Waals surface area contributed by atoms with E-state index in [9.17, 15) is 9.59 Å². The first kappa shape index (κ1) is 21.2. The number of hydrogen-bond donors (Lipinski definition) is 1. The van der Waals surface area contributed by atoms with E-state index in [0.29, 0.717) is 24.2 Å². The van der Waals surface area contributed by atoms with Gasteiger partial charge in [-0.25, -0.2) is 0 Å². The number of aryl methyl sites for hydroxylation is 1. The largest absolute Gasteiger partial charge is 0.379 e. The van der Waals surface area contributed by atoms with Crippen molar-refractivity contribution in [2.45, 2.75) is 39.2 Å². The molecule has 1 aromatic carbocycles. The van der Waals surface area contributed by atoms with Gasteiger partial charge in [0.25, 0.3) is 11.5 Å². The summed E-state index contributed by atoms with van der Waals surface area (Å²) in [5.41, 5.74) is 2.95. The molecule has 32 heavy (non-hydrogen) atoms. The fourth-order valence-electron chi connectivity index (χ4n) is 4.94. The zero-order valence-electron chi connectivity index (χ0n) is 18.9. The molecule has 0 saturated carbocycles. The second kappa shape index (κ2) is 8.67. The quantitative estimate of drug-likeness (QED) is 0.664. The Labute approximate surface area is 187 Å². The Hall–Kier alpha value is -2.71. The maximum Gasteiger partial charge on any atom is 0.259 e. The Bertz CT molecular complexity index is 1200. The minimum absolute atomic E-state index is 0.0640. The van der Waals surface area contributed by atoms with Crippen LogP contribution >= 0.6 is 0 Å². The summed E-state index contributed by atoms with van der Waals surface area (Å²) in [6, 6.07) is 3.97. The highest BCUT2D eigenvalue weighted by Gasteiger charge is 2.26. The molecule has 170 valence electrons. The second-order valence-corrected chi connectivity index (χ2v) is 9.02. The van der Waals surface area contributed by atoms with Gasteiger partial charge < -0.3 is 14.6 Å². The van der Waals surface area contributed by atoms with Crippen LogP contribution in [0.3, 0.4) is 0 Å². The molecule has 0 spiro atoms. The zero-order chi connectivity index (χ0) is 22.2. The second-order valence-electron chi connectivity index (χ2n) is 9.02. The molecule has 1 atom stereocenters. The Morgan fingerprint density at radius 1 is 1.22 bits per heavy atom. The fourth-order valence-corrected chi connectivity index (χ4v) is 4.94. The number of nitrogens with one attached hydrogen (secondary N) is 1. The normalized spacial score (nSPS) is 19.9. The molecule has 2 aliphatic rings. The molecule has 5 rings (SSSR count). The van der Waals surface area contributed by atoms with E-state index in [4.69, 9.17) is 4.74 Å². The summed E-state index contributed by atoms with van der Waals surface area (Å²) < 4.78 is 7.47. The zero-order valence-corrected chi connectivity index (χ0v) is 18.9. The van der Waals surface area contributed by atoms with Gasteiger partial charge in [-0.05, 0) is 44.0 Å². The number of unbranched alkanes of at least 4 members (excludes halogenated alkanes) is 1. The topological polar surface area (TPSA) is 83.5 Å². The number of carbonyl (C=O) groups is 1. The number of nitrogens with zero attached hydrogens (tertiary/aromatic N) is 4. The molecule has 0 bridgehead atoms. The molecule has 2 fully saturated rings. The molecular weight excluding hydrogens is 406 g/mol. The van der Waals surface area contributed by atoms with E-state index in [-0.39, 0.29) is 17.5 Å². The van der Waals surface area contributed by atoms with Gasteiger partial charge >= 0.3 is 0 Å². The van der Waals surface area contributed by atoms with Crippen LogP contribution in [0.15, 0.2) is 23.1 Å². The fraction of sp³-hybridized carbons (Fsp3) is 0.542. The van der Waals surface area contributed by atoms with Crippen molar-refractivity contribution in [3.63, 3.8) is 0 Å². The molecular formula is C24H31N5O3. The van der Waals surface area contributed by atoms with Crippen LogP contribution in [0.1, 0.15) is 48.1 Å². The molecule has 1 amide bonds. The Balaban J connectivity index is 1.52. The number of H-pyrrole nitrogens is 1. The number of rotatable bonds is 5. The van der Waals surface area contributed by atoms with Crippen LogP contribution in [0.25, 0.3) is 21.8 Å². The number of aromatic amines is 1. The van der Waals surface area contributed by atoms with E-state index < -0.39 is 0 Å². The summed E-state index contributed by atoms with van der Waals surface area (Å²) in [7, 11) is 0. The highest BCUT2D eigenvalue weighted by Crippen LogP contribution is 2.29. The maximum atomic E-state index is 13.5. The summed E-state index contributed by atoms with van der Waals surface area (Å²) >= 11 is 0. The van der Waals surface area contributed by atoms with Crippen LogP contribution in [0, 0.1) is 6.92 Å². The molecule has 2 aromatic heterocycles. The molecule has 3 aromatic rings. The van der Waals surface area contributed by atoms with Crippen molar-refractivity contribution in [2.24, 2.45) is 0 Å². The number of pyridine rings is 1. The van der Waals surface area contributed by atoms with Crippen molar-refractivity contribution in [2.75, 3.05) is 45.9 Å². The van der Waals surface area contributed by atoms with E-state index in [2.05, 4.69) is 21.9 Å². The van der Waals surface area contributed by atoms with Crippen LogP contribution in [0.5, 0.6) is 0 Å². The minimum atomic E-state index is -0.153. The van der Waals surface area contributed by atoms with Gasteiger partial charge in [-0.2, -0.15) is 5.10 Å². The average molecular weight is 438 g/mol. The van der Waals surface area contributed by atoms with Crippen LogP contribution in [0.2, 0.25) is 0 Å². The standard InChI is InChI=1S/C24H31N5O3/c1-3-4-6-27-7-9-28(10-8-27)24(31)18-13-19-21(12-16(18)2)26-23(30)20-14-25-29(22(19)20)17-5-11-32-15-17/h12-14,17H,3-11,15H2,1-2H3,(H,26,30)/t17-/m0/s1. The monoisotopic (exact) mass is 437 g/mol. The van der Waals surface area contributed by atoms with Crippen molar-refractivity contribution in [1.29, 1.82) is 0 Å². The van der Waals surface area contributed by atoms with Gasteiger partial charge in [0, 0.05) is 43.7 Å². The molecule has 0 aliphatic carbocycles. The van der Waals surface area contributed by atoms with Crippen molar-refractivity contribution in [3.05, 3.63) is 39.8 Å². The van der Waals surface area contributed by atoms with Crippen molar-refractivity contribution in [1.82, 2.24) is 24.6 Å². The summed E-state index contributed by atoms with van der Waals surface area (Å²) in [5.74, 6) is 0.0640. The van der Waals surface area contributed by atoms with E-state index in [1.807, 2.05) is 28.6 Å². The summed E-state index contributed by atoms with van der Waals surface area (Å²) in [6.07, 6.45) is 4.88. The number of amides is 1. The van der Waals surface area contributed by atoms with E-state index >= 15 is 0 Å². The van der Waals surface area contributed by atoms with Gasteiger partial charge in [-0.1, -0.05) is 13.3 Å². The lowest BCUT2D eigenvalue weighted by molar-refractivity contribution is 0.0635. The van der Waals surface area contributed by atoms with Crippen molar-refractivity contribution >= 4 is 27.7 Å². The predicted molar refractivity (Wildman–Crippen MR) is 124 cm³/mol. The lowest BCUT2D eigenvalue weighted by Gasteiger charge is -2.35.